The summed E-state index contributed by atoms with van der Waals surface area (Å²) < 4.78 is 0. The monoisotopic (exact) mass is 275 g/mol. The van der Waals surface area contributed by atoms with Gasteiger partial charge in [0.25, 0.3) is 5.91 Å². The lowest BCUT2D eigenvalue weighted by Crippen LogP contribution is -2.33. The van der Waals surface area contributed by atoms with E-state index >= 15 is 0 Å². The van der Waals surface area contributed by atoms with E-state index in [9.17, 15) is 4.79 Å². The standard InChI is InChI=1S/C14H17N3OS/c1-9(8-11-6-4-3-5-7-11)16-13(18)12-10(2)17-14(15)19-12/h3-7,9H,8H2,1-2H3,(H2,15,17)(H,16,18). The summed E-state index contributed by atoms with van der Waals surface area (Å²) in [6.45, 7) is 3.79. The minimum absolute atomic E-state index is 0.0672. The van der Waals surface area contributed by atoms with Crippen molar-refractivity contribution in [3.05, 3.63) is 46.5 Å². The molecule has 1 aromatic heterocycles. The van der Waals surface area contributed by atoms with Crippen molar-refractivity contribution in [3.8, 4) is 0 Å². The van der Waals surface area contributed by atoms with Gasteiger partial charge in [0.2, 0.25) is 0 Å². The molecule has 3 N–H and O–H groups in total. The minimum atomic E-state index is -0.102. The van der Waals surface area contributed by atoms with Crippen LogP contribution in [0.5, 0.6) is 0 Å². The van der Waals surface area contributed by atoms with Gasteiger partial charge in [-0.3, -0.25) is 4.79 Å². The molecule has 1 atom stereocenters. The topological polar surface area (TPSA) is 68.0 Å². The molecule has 4 nitrogen and oxygen atoms in total. The molecule has 0 radical (unpaired) electrons. The first-order chi connectivity index (χ1) is 9.06. The van der Waals surface area contributed by atoms with E-state index in [-0.39, 0.29) is 11.9 Å². The summed E-state index contributed by atoms with van der Waals surface area (Å²) in [7, 11) is 0. The zero-order chi connectivity index (χ0) is 13.8. The number of benzene rings is 1. The molecule has 0 aliphatic rings. The van der Waals surface area contributed by atoms with Crippen LogP contribution in [0.25, 0.3) is 0 Å². The number of amides is 1. The van der Waals surface area contributed by atoms with Crippen LogP contribution < -0.4 is 11.1 Å². The molecule has 0 fully saturated rings. The van der Waals surface area contributed by atoms with Crippen LogP contribution in [0.1, 0.15) is 27.9 Å². The molecule has 19 heavy (non-hydrogen) atoms. The summed E-state index contributed by atoms with van der Waals surface area (Å²) in [4.78, 5) is 16.7. The highest BCUT2D eigenvalue weighted by molar-refractivity contribution is 7.17. The Hall–Kier alpha value is -1.88. The molecule has 5 heteroatoms. The molecule has 2 rings (SSSR count). The maximum Gasteiger partial charge on any atom is 0.263 e. The van der Waals surface area contributed by atoms with Gasteiger partial charge in [0, 0.05) is 6.04 Å². The van der Waals surface area contributed by atoms with Gasteiger partial charge in [0.15, 0.2) is 5.13 Å². The van der Waals surface area contributed by atoms with Gasteiger partial charge >= 0.3 is 0 Å². The molecule has 1 unspecified atom stereocenters. The molecule has 0 bridgehead atoms. The third kappa shape index (κ3) is 3.54. The fourth-order valence-electron chi connectivity index (χ4n) is 1.94. The van der Waals surface area contributed by atoms with E-state index in [2.05, 4.69) is 22.4 Å². The number of nitrogens with one attached hydrogen (secondary N) is 1. The van der Waals surface area contributed by atoms with Crippen molar-refractivity contribution in [2.45, 2.75) is 26.3 Å². The van der Waals surface area contributed by atoms with Crippen molar-refractivity contribution in [2.24, 2.45) is 0 Å². The van der Waals surface area contributed by atoms with Crippen LogP contribution in [0.15, 0.2) is 30.3 Å². The summed E-state index contributed by atoms with van der Waals surface area (Å²) in [5.74, 6) is -0.102. The van der Waals surface area contributed by atoms with Crippen molar-refractivity contribution in [3.63, 3.8) is 0 Å². The van der Waals surface area contributed by atoms with E-state index in [1.165, 1.54) is 16.9 Å². The molecule has 1 heterocycles. The van der Waals surface area contributed by atoms with Crippen molar-refractivity contribution >= 4 is 22.4 Å². The number of carbonyl (C=O) groups excluding carboxylic acids is 1. The number of aryl methyl sites for hydroxylation is 1. The van der Waals surface area contributed by atoms with Crippen LogP contribution in [-0.4, -0.2) is 16.9 Å². The van der Waals surface area contributed by atoms with Gasteiger partial charge < -0.3 is 11.1 Å². The van der Waals surface area contributed by atoms with Crippen LogP contribution >= 0.6 is 11.3 Å². The fraction of sp³-hybridized carbons (Fsp3) is 0.286. The SMILES string of the molecule is Cc1nc(N)sc1C(=O)NC(C)Cc1ccccc1. The van der Waals surface area contributed by atoms with Gasteiger partial charge in [0.05, 0.1) is 5.69 Å². The lowest BCUT2D eigenvalue weighted by Gasteiger charge is -2.13. The maximum atomic E-state index is 12.1. The number of thiazole rings is 1. The summed E-state index contributed by atoms with van der Waals surface area (Å²) in [5.41, 5.74) is 7.49. The van der Waals surface area contributed by atoms with Crippen LogP contribution in [0.4, 0.5) is 5.13 Å². The van der Waals surface area contributed by atoms with Crippen molar-refractivity contribution in [1.82, 2.24) is 10.3 Å². The predicted molar refractivity (Wildman–Crippen MR) is 78.3 cm³/mol. The van der Waals surface area contributed by atoms with Gasteiger partial charge in [0.1, 0.15) is 4.88 Å². The minimum Gasteiger partial charge on any atom is -0.375 e. The second-order valence-corrected chi connectivity index (χ2v) is 5.56. The Morgan fingerprint density at radius 3 is 2.68 bits per heavy atom. The lowest BCUT2D eigenvalue weighted by atomic mass is 10.1. The van der Waals surface area contributed by atoms with Crippen LogP contribution in [0.2, 0.25) is 0 Å². The van der Waals surface area contributed by atoms with E-state index in [4.69, 9.17) is 5.73 Å². The van der Waals surface area contributed by atoms with E-state index in [1.807, 2.05) is 25.1 Å². The molecule has 100 valence electrons. The Bertz CT molecular complexity index is 565. The first-order valence-electron chi connectivity index (χ1n) is 6.14. The van der Waals surface area contributed by atoms with Crippen molar-refractivity contribution in [1.29, 1.82) is 0 Å². The zero-order valence-electron chi connectivity index (χ0n) is 11.0. The second-order valence-electron chi connectivity index (χ2n) is 4.53. The zero-order valence-corrected chi connectivity index (χ0v) is 11.8. The van der Waals surface area contributed by atoms with E-state index in [0.717, 1.165) is 6.42 Å². The summed E-state index contributed by atoms with van der Waals surface area (Å²) in [5, 5.41) is 3.40. The van der Waals surface area contributed by atoms with Crippen molar-refractivity contribution in [2.75, 3.05) is 5.73 Å². The van der Waals surface area contributed by atoms with Crippen LogP contribution in [0, 0.1) is 6.92 Å². The van der Waals surface area contributed by atoms with E-state index < -0.39 is 0 Å². The average Bonchev–Trinajstić information content (AvgIpc) is 2.69. The lowest BCUT2D eigenvalue weighted by molar-refractivity contribution is 0.0943. The maximum absolute atomic E-state index is 12.1. The third-order valence-electron chi connectivity index (χ3n) is 2.78. The Morgan fingerprint density at radius 2 is 2.11 bits per heavy atom. The number of hydrogen-bond acceptors (Lipinski definition) is 4. The highest BCUT2D eigenvalue weighted by atomic mass is 32.1. The first kappa shape index (κ1) is 13.5. The Kier molecular flexibility index (Phi) is 4.16. The van der Waals surface area contributed by atoms with Gasteiger partial charge in [-0.05, 0) is 25.8 Å². The molecule has 0 spiro atoms. The molecule has 2 aromatic rings. The number of nitrogens with zero attached hydrogens (tertiary/aromatic N) is 1. The molecule has 1 amide bonds. The molecular weight excluding hydrogens is 258 g/mol. The average molecular weight is 275 g/mol. The highest BCUT2D eigenvalue weighted by Gasteiger charge is 2.16. The van der Waals surface area contributed by atoms with Gasteiger partial charge in [-0.2, -0.15) is 0 Å². The number of aromatic nitrogens is 1. The largest absolute Gasteiger partial charge is 0.375 e. The second kappa shape index (κ2) is 5.84. The molecule has 0 saturated heterocycles. The summed E-state index contributed by atoms with van der Waals surface area (Å²) >= 11 is 1.23. The Balaban J connectivity index is 1.97. The number of carbonyl (C=O) groups is 1. The van der Waals surface area contributed by atoms with Crippen molar-refractivity contribution < 1.29 is 4.79 Å². The number of nitrogens with two attached hydrogens (primary N) is 1. The number of nitrogen functional groups attached to an aromatic ring is 1. The smallest absolute Gasteiger partial charge is 0.263 e. The van der Waals surface area contributed by atoms with E-state index in [1.54, 1.807) is 6.92 Å². The van der Waals surface area contributed by atoms with Crippen LogP contribution in [-0.2, 0) is 6.42 Å². The quantitative estimate of drug-likeness (QED) is 0.900. The summed E-state index contributed by atoms with van der Waals surface area (Å²) in [6.07, 6.45) is 0.805. The molecule has 0 aliphatic heterocycles. The number of hydrogen-bond donors (Lipinski definition) is 2. The summed E-state index contributed by atoms with van der Waals surface area (Å²) in [6, 6.07) is 10.2. The molecular formula is C14H17N3OS. The van der Waals surface area contributed by atoms with E-state index in [0.29, 0.717) is 15.7 Å². The Labute approximate surface area is 116 Å². The Morgan fingerprint density at radius 1 is 1.42 bits per heavy atom. The number of anilines is 1. The highest BCUT2D eigenvalue weighted by Crippen LogP contribution is 2.19. The van der Waals surface area contributed by atoms with Gasteiger partial charge in [-0.15, -0.1) is 0 Å². The molecule has 0 aliphatic carbocycles. The number of rotatable bonds is 4. The fourth-order valence-corrected chi connectivity index (χ4v) is 2.67. The van der Waals surface area contributed by atoms with Gasteiger partial charge in [-0.25, -0.2) is 4.98 Å². The molecule has 1 aromatic carbocycles. The first-order valence-corrected chi connectivity index (χ1v) is 6.95. The van der Waals surface area contributed by atoms with Gasteiger partial charge in [-0.1, -0.05) is 41.7 Å². The third-order valence-corrected chi connectivity index (χ3v) is 3.77. The van der Waals surface area contributed by atoms with Crippen LogP contribution in [0.3, 0.4) is 0 Å². The predicted octanol–water partition coefficient (Wildman–Crippen LogP) is 2.39. The normalized spacial score (nSPS) is 12.1. The molecule has 0 saturated carbocycles.